The third kappa shape index (κ3) is 3.66. The molecule has 0 bridgehead atoms. The molecule has 0 fully saturated rings. The lowest BCUT2D eigenvalue weighted by Gasteiger charge is -2.06. The summed E-state index contributed by atoms with van der Waals surface area (Å²) in [6.45, 7) is 1.38. The number of likely N-dealkylation sites (N-methyl/N-ethyl adjacent to an activating group) is 1. The normalized spacial score (nSPS) is 10.2. The fraction of sp³-hybridized carbons (Fsp3) is 0.286. The number of nitrogens with one attached hydrogen (secondary N) is 1. The van der Waals surface area contributed by atoms with Gasteiger partial charge in [0, 0.05) is 12.1 Å². The lowest BCUT2D eigenvalue weighted by molar-refractivity contribution is 0.316. The van der Waals surface area contributed by atoms with E-state index in [-0.39, 0.29) is 0 Å². The SMILES string of the molecule is CNCCOc1cnc(-c2cccc(OC)c2)nc1. The summed E-state index contributed by atoms with van der Waals surface area (Å²) in [7, 11) is 3.52. The molecule has 0 atom stereocenters. The predicted octanol–water partition coefficient (Wildman–Crippen LogP) is 1.75. The van der Waals surface area contributed by atoms with Gasteiger partial charge < -0.3 is 14.8 Å². The van der Waals surface area contributed by atoms with Gasteiger partial charge in [-0.1, -0.05) is 12.1 Å². The molecule has 2 rings (SSSR count). The number of methoxy groups -OCH3 is 1. The zero-order chi connectivity index (χ0) is 13.5. The van der Waals surface area contributed by atoms with Gasteiger partial charge in [-0.3, -0.25) is 0 Å². The highest BCUT2D eigenvalue weighted by molar-refractivity contribution is 5.57. The minimum Gasteiger partial charge on any atom is -0.497 e. The van der Waals surface area contributed by atoms with Crippen molar-refractivity contribution in [1.82, 2.24) is 15.3 Å². The minimum absolute atomic E-state index is 0.596. The van der Waals surface area contributed by atoms with Crippen molar-refractivity contribution in [1.29, 1.82) is 0 Å². The molecule has 0 radical (unpaired) electrons. The molecular formula is C14H17N3O2. The van der Waals surface area contributed by atoms with Gasteiger partial charge in [-0.05, 0) is 19.2 Å². The first kappa shape index (κ1) is 13.3. The van der Waals surface area contributed by atoms with Gasteiger partial charge in [0.05, 0.1) is 19.5 Å². The van der Waals surface area contributed by atoms with Crippen LogP contribution in [0.3, 0.4) is 0 Å². The Balaban J connectivity index is 2.08. The Hall–Kier alpha value is -2.14. The van der Waals surface area contributed by atoms with E-state index in [1.54, 1.807) is 19.5 Å². The molecule has 0 saturated heterocycles. The number of ether oxygens (including phenoxy) is 2. The second-order valence-corrected chi connectivity index (χ2v) is 3.93. The lowest BCUT2D eigenvalue weighted by atomic mass is 10.2. The second kappa shape index (κ2) is 6.70. The first-order valence-corrected chi connectivity index (χ1v) is 6.07. The molecule has 1 N–H and O–H groups in total. The van der Waals surface area contributed by atoms with Gasteiger partial charge >= 0.3 is 0 Å². The standard InChI is InChI=1S/C14H17N3O2/c1-15-6-7-19-13-9-16-14(17-10-13)11-4-3-5-12(8-11)18-2/h3-5,8-10,15H,6-7H2,1-2H3. The molecule has 100 valence electrons. The Labute approximate surface area is 112 Å². The molecule has 0 amide bonds. The number of benzene rings is 1. The summed E-state index contributed by atoms with van der Waals surface area (Å²) in [6, 6.07) is 7.64. The summed E-state index contributed by atoms with van der Waals surface area (Å²) in [5.41, 5.74) is 0.918. The third-order valence-electron chi connectivity index (χ3n) is 2.58. The van der Waals surface area contributed by atoms with Gasteiger partial charge in [0.1, 0.15) is 12.4 Å². The quantitative estimate of drug-likeness (QED) is 0.801. The van der Waals surface area contributed by atoms with Crippen molar-refractivity contribution in [3.63, 3.8) is 0 Å². The van der Waals surface area contributed by atoms with E-state index in [2.05, 4.69) is 15.3 Å². The first-order valence-electron chi connectivity index (χ1n) is 6.07. The average molecular weight is 259 g/mol. The van der Waals surface area contributed by atoms with Crippen LogP contribution < -0.4 is 14.8 Å². The van der Waals surface area contributed by atoms with Crippen molar-refractivity contribution in [3.8, 4) is 22.9 Å². The smallest absolute Gasteiger partial charge is 0.159 e. The topological polar surface area (TPSA) is 56.3 Å². The first-order chi connectivity index (χ1) is 9.33. The summed E-state index contributed by atoms with van der Waals surface area (Å²) < 4.78 is 10.6. The third-order valence-corrected chi connectivity index (χ3v) is 2.58. The molecule has 5 nitrogen and oxygen atoms in total. The molecule has 0 spiro atoms. The summed E-state index contributed by atoms with van der Waals surface area (Å²) in [5.74, 6) is 2.11. The predicted molar refractivity (Wildman–Crippen MR) is 73.4 cm³/mol. The van der Waals surface area contributed by atoms with E-state index >= 15 is 0 Å². The summed E-state index contributed by atoms with van der Waals surface area (Å²) in [5, 5.41) is 3.01. The maximum Gasteiger partial charge on any atom is 0.159 e. The van der Waals surface area contributed by atoms with Gasteiger partial charge in [0.15, 0.2) is 11.6 Å². The summed E-state index contributed by atoms with van der Waals surface area (Å²) >= 11 is 0. The van der Waals surface area contributed by atoms with Crippen LogP contribution in [0.25, 0.3) is 11.4 Å². The number of aromatic nitrogens is 2. The Morgan fingerprint density at radius 2 is 1.95 bits per heavy atom. The maximum absolute atomic E-state index is 5.47. The van der Waals surface area contributed by atoms with E-state index in [0.717, 1.165) is 17.9 Å². The molecule has 19 heavy (non-hydrogen) atoms. The zero-order valence-corrected chi connectivity index (χ0v) is 11.1. The molecular weight excluding hydrogens is 242 g/mol. The number of rotatable bonds is 6. The van der Waals surface area contributed by atoms with Gasteiger partial charge in [-0.15, -0.1) is 0 Å². The Morgan fingerprint density at radius 1 is 1.16 bits per heavy atom. The van der Waals surface area contributed by atoms with E-state index in [1.807, 2.05) is 31.3 Å². The van der Waals surface area contributed by atoms with Crippen LogP contribution in [0.1, 0.15) is 0 Å². The van der Waals surface area contributed by atoms with Crippen LogP contribution in [0.5, 0.6) is 11.5 Å². The van der Waals surface area contributed by atoms with Crippen LogP contribution in [-0.4, -0.2) is 37.3 Å². The monoisotopic (exact) mass is 259 g/mol. The second-order valence-electron chi connectivity index (χ2n) is 3.93. The highest BCUT2D eigenvalue weighted by Crippen LogP contribution is 2.21. The van der Waals surface area contributed by atoms with Crippen molar-refractivity contribution in [2.24, 2.45) is 0 Å². The van der Waals surface area contributed by atoms with Gasteiger partial charge in [-0.2, -0.15) is 0 Å². The molecule has 0 aliphatic heterocycles. The number of hydrogen-bond donors (Lipinski definition) is 1. The van der Waals surface area contributed by atoms with Crippen LogP contribution in [0.4, 0.5) is 0 Å². The number of hydrogen-bond acceptors (Lipinski definition) is 5. The van der Waals surface area contributed by atoms with Crippen LogP contribution in [-0.2, 0) is 0 Å². The zero-order valence-electron chi connectivity index (χ0n) is 11.1. The van der Waals surface area contributed by atoms with Gasteiger partial charge in [0.2, 0.25) is 0 Å². The Kier molecular flexibility index (Phi) is 4.69. The minimum atomic E-state index is 0.596. The molecule has 1 aromatic carbocycles. The van der Waals surface area contributed by atoms with Crippen molar-refractivity contribution in [2.45, 2.75) is 0 Å². The van der Waals surface area contributed by atoms with E-state index in [4.69, 9.17) is 9.47 Å². The van der Waals surface area contributed by atoms with Crippen molar-refractivity contribution < 1.29 is 9.47 Å². The van der Waals surface area contributed by atoms with Crippen LogP contribution >= 0.6 is 0 Å². The van der Waals surface area contributed by atoms with E-state index in [9.17, 15) is 0 Å². The van der Waals surface area contributed by atoms with Gasteiger partial charge in [-0.25, -0.2) is 9.97 Å². The maximum atomic E-state index is 5.47. The summed E-state index contributed by atoms with van der Waals surface area (Å²) in [6.07, 6.45) is 3.36. The highest BCUT2D eigenvalue weighted by atomic mass is 16.5. The van der Waals surface area contributed by atoms with Crippen molar-refractivity contribution in [2.75, 3.05) is 27.3 Å². The molecule has 5 heteroatoms. The highest BCUT2D eigenvalue weighted by Gasteiger charge is 2.03. The fourth-order valence-electron chi connectivity index (χ4n) is 1.57. The Morgan fingerprint density at radius 3 is 2.63 bits per heavy atom. The van der Waals surface area contributed by atoms with Gasteiger partial charge in [0.25, 0.3) is 0 Å². The molecule has 0 unspecified atom stereocenters. The van der Waals surface area contributed by atoms with E-state index in [1.165, 1.54) is 0 Å². The van der Waals surface area contributed by atoms with Crippen molar-refractivity contribution in [3.05, 3.63) is 36.7 Å². The molecule has 1 aromatic heterocycles. The summed E-state index contributed by atoms with van der Waals surface area (Å²) in [4.78, 5) is 8.58. The molecule has 0 saturated carbocycles. The van der Waals surface area contributed by atoms with E-state index < -0.39 is 0 Å². The molecule has 2 aromatic rings. The van der Waals surface area contributed by atoms with Crippen LogP contribution in [0.15, 0.2) is 36.7 Å². The van der Waals surface area contributed by atoms with Crippen molar-refractivity contribution >= 4 is 0 Å². The van der Waals surface area contributed by atoms with E-state index in [0.29, 0.717) is 18.2 Å². The molecule has 0 aliphatic rings. The average Bonchev–Trinajstić information content (AvgIpc) is 2.48. The van der Waals surface area contributed by atoms with Crippen LogP contribution in [0, 0.1) is 0 Å². The molecule has 1 heterocycles. The fourth-order valence-corrected chi connectivity index (χ4v) is 1.57. The number of nitrogens with zero attached hydrogens (tertiary/aromatic N) is 2. The lowest BCUT2D eigenvalue weighted by Crippen LogP contribution is -2.16. The Bertz CT molecular complexity index is 514. The largest absolute Gasteiger partial charge is 0.497 e. The van der Waals surface area contributed by atoms with Crippen LogP contribution in [0.2, 0.25) is 0 Å². The molecule has 0 aliphatic carbocycles.